The third kappa shape index (κ3) is 3.64. The van der Waals surface area contributed by atoms with E-state index in [0.29, 0.717) is 0 Å². The average Bonchev–Trinajstić information content (AvgIpc) is 2.44. The van der Waals surface area contributed by atoms with Crippen molar-refractivity contribution in [3.05, 3.63) is 58.1 Å². The lowest BCUT2D eigenvalue weighted by molar-refractivity contribution is 0.102. The van der Waals surface area contributed by atoms with E-state index >= 15 is 0 Å². The smallest absolute Gasteiger partial charge is 0.256 e. The molecule has 2 nitrogen and oxygen atoms in total. The molecule has 104 valence electrons. The van der Waals surface area contributed by atoms with Crippen LogP contribution in [0.1, 0.15) is 22.8 Å². The van der Waals surface area contributed by atoms with E-state index < -0.39 is 0 Å². The van der Waals surface area contributed by atoms with Gasteiger partial charge in [0.1, 0.15) is 0 Å². The van der Waals surface area contributed by atoms with Gasteiger partial charge < -0.3 is 5.32 Å². The highest BCUT2D eigenvalue weighted by Gasteiger charge is 2.11. The molecule has 0 radical (unpaired) electrons. The first kappa shape index (κ1) is 15.1. The number of benzene rings is 2. The monoisotopic (exact) mass is 349 g/mol. The van der Waals surface area contributed by atoms with Gasteiger partial charge in [-0.25, -0.2) is 0 Å². The van der Waals surface area contributed by atoms with Crippen LogP contribution in [-0.4, -0.2) is 11.7 Å². The minimum Gasteiger partial charge on any atom is -0.322 e. The Morgan fingerprint density at radius 3 is 2.70 bits per heavy atom. The fourth-order valence-corrected chi connectivity index (χ4v) is 2.91. The highest BCUT2D eigenvalue weighted by atomic mass is 79.9. The van der Waals surface area contributed by atoms with E-state index in [0.717, 1.165) is 31.9 Å². The third-order valence-corrected chi connectivity index (χ3v) is 4.69. The second-order valence-corrected chi connectivity index (χ2v) is 6.51. The van der Waals surface area contributed by atoms with Gasteiger partial charge in [-0.3, -0.25) is 4.79 Å². The highest BCUT2D eigenvalue weighted by Crippen LogP contribution is 2.24. The number of hydrogen-bond acceptors (Lipinski definition) is 2. The van der Waals surface area contributed by atoms with Crippen LogP contribution in [0, 0.1) is 6.92 Å². The predicted molar refractivity (Wildman–Crippen MR) is 89.7 cm³/mol. The summed E-state index contributed by atoms with van der Waals surface area (Å²) in [6.07, 6.45) is 0. The molecule has 1 amide bonds. The van der Waals surface area contributed by atoms with Gasteiger partial charge in [0.25, 0.3) is 5.91 Å². The molecule has 2 aromatic carbocycles. The zero-order chi connectivity index (χ0) is 14.5. The van der Waals surface area contributed by atoms with Crippen LogP contribution in [0.15, 0.2) is 51.8 Å². The third-order valence-electron chi connectivity index (χ3n) is 2.85. The van der Waals surface area contributed by atoms with Crippen molar-refractivity contribution in [2.75, 3.05) is 11.1 Å². The van der Waals surface area contributed by atoms with E-state index in [-0.39, 0.29) is 5.91 Å². The lowest BCUT2D eigenvalue weighted by atomic mass is 10.2. The molecule has 0 aliphatic heterocycles. The average molecular weight is 350 g/mol. The molecule has 0 saturated carbocycles. The fourth-order valence-electron chi connectivity index (χ4n) is 1.86. The summed E-state index contributed by atoms with van der Waals surface area (Å²) in [5.41, 5.74) is 2.63. The topological polar surface area (TPSA) is 29.1 Å². The summed E-state index contributed by atoms with van der Waals surface area (Å²) in [6.45, 7) is 4.08. The summed E-state index contributed by atoms with van der Waals surface area (Å²) in [5.74, 6) is 0.880. The zero-order valence-electron chi connectivity index (χ0n) is 11.4. The number of thioether (sulfide) groups is 1. The number of aryl methyl sites for hydroxylation is 1. The first-order valence-corrected chi connectivity index (χ1v) is 8.19. The molecule has 0 heterocycles. The molecular weight excluding hydrogens is 334 g/mol. The van der Waals surface area contributed by atoms with Crippen LogP contribution in [0.2, 0.25) is 0 Å². The van der Waals surface area contributed by atoms with Gasteiger partial charge in [-0.1, -0.05) is 35.0 Å². The number of hydrogen-bond donors (Lipinski definition) is 1. The summed E-state index contributed by atoms with van der Waals surface area (Å²) < 4.78 is 1.04. The van der Waals surface area contributed by atoms with E-state index in [4.69, 9.17) is 0 Å². The summed E-state index contributed by atoms with van der Waals surface area (Å²) in [4.78, 5) is 13.4. The molecule has 0 aliphatic rings. The number of halogens is 1. The van der Waals surface area contributed by atoms with Crippen molar-refractivity contribution >= 4 is 39.3 Å². The molecule has 20 heavy (non-hydrogen) atoms. The Balaban J connectivity index is 2.21. The normalized spacial score (nSPS) is 10.3. The van der Waals surface area contributed by atoms with Gasteiger partial charge in [0.2, 0.25) is 0 Å². The predicted octanol–water partition coefficient (Wildman–Crippen LogP) is 5.12. The summed E-state index contributed by atoms with van der Waals surface area (Å²) in [6, 6.07) is 13.5. The van der Waals surface area contributed by atoms with Gasteiger partial charge in [-0.15, -0.1) is 11.8 Å². The fraction of sp³-hybridized carbons (Fsp3) is 0.188. The minimum absolute atomic E-state index is 0.0664. The molecule has 0 fully saturated rings. The van der Waals surface area contributed by atoms with E-state index in [1.165, 1.54) is 0 Å². The Labute approximate surface area is 132 Å². The molecule has 2 rings (SSSR count). The molecule has 0 atom stereocenters. The number of rotatable bonds is 4. The molecule has 0 spiro atoms. The Kier molecular flexibility index (Phi) is 5.26. The van der Waals surface area contributed by atoms with Crippen LogP contribution in [0.3, 0.4) is 0 Å². The van der Waals surface area contributed by atoms with Gasteiger partial charge in [0.15, 0.2) is 0 Å². The molecule has 0 unspecified atom stereocenters. The number of nitrogens with one attached hydrogen (secondary N) is 1. The van der Waals surface area contributed by atoms with E-state index in [9.17, 15) is 4.79 Å². The van der Waals surface area contributed by atoms with Gasteiger partial charge in [-0.2, -0.15) is 0 Å². The standard InChI is InChI=1S/C16H16BrNOS/c1-3-20-15-7-5-4-6-13(15)16(19)18-12-8-9-14(17)11(2)10-12/h4-10H,3H2,1-2H3,(H,18,19). The van der Waals surface area contributed by atoms with Crippen molar-refractivity contribution in [1.29, 1.82) is 0 Å². The van der Waals surface area contributed by atoms with Crippen molar-refractivity contribution in [2.24, 2.45) is 0 Å². The second kappa shape index (κ2) is 6.95. The Bertz CT molecular complexity index is 628. The van der Waals surface area contributed by atoms with Crippen molar-refractivity contribution in [1.82, 2.24) is 0 Å². The molecule has 4 heteroatoms. The molecule has 0 aliphatic carbocycles. The van der Waals surface area contributed by atoms with Crippen LogP contribution in [0.4, 0.5) is 5.69 Å². The quantitative estimate of drug-likeness (QED) is 0.776. The molecule has 1 N–H and O–H groups in total. The summed E-state index contributed by atoms with van der Waals surface area (Å²) in [5, 5.41) is 2.95. The Hall–Kier alpha value is -1.26. The lowest BCUT2D eigenvalue weighted by Gasteiger charge is -2.10. The zero-order valence-corrected chi connectivity index (χ0v) is 13.8. The number of amides is 1. The van der Waals surface area contributed by atoms with Crippen molar-refractivity contribution in [3.8, 4) is 0 Å². The van der Waals surface area contributed by atoms with Gasteiger partial charge in [-0.05, 0) is 48.6 Å². The number of anilines is 1. The van der Waals surface area contributed by atoms with Gasteiger partial charge in [0.05, 0.1) is 5.56 Å². The maximum Gasteiger partial charge on any atom is 0.256 e. The van der Waals surface area contributed by atoms with Crippen LogP contribution < -0.4 is 5.32 Å². The Morgan fingerprint density at radius 1 is 1.25 bits per heavy atom. The maximum atomic E-state index is 12.4. The van der Waals surface area contributed by atoms with E-state index in [1.807, 2.05) is 49.4 Å². The van der Waals surface area contributed by atoms with E-state index in [2.05, 4.69) is 28.2 Å². The molecule has 0 saturated heterocycles. The summed E-state index contributed by atoms with van der Waals surface area (Å²) in [7, 11) is 0. The maximum absolute atomic E-state index is 12.4. The first-order chi connectivity index (χ1) is 9.61. The highest BCUT2D eigenvalue weighted by molar-refractivity contribution is 9.10. The number of carbonyl (C=O) groups is 1. The summed E-state index contributed by atoms with van der Waals surface area (Å²) >= 11 is 5.13. The Morgan fingerprint density at radius 2 is 2.00 bits per heavy atom. The lowest BCUT2D eigenvalue weighted by Crippen LogP contribution is -2.13. The van der Waals surface area contributed by atoms with Crippen molar-refractivity contribution in [3.63, 3.8) is 0 Å². The molecule has 0 bridgehead atoms. The largest absolute Gasteiger partial charge is 0.322 e. The van der Waals surface area contributed by atoms with Crippen molar-refractivity contribution < 1.29 is 4.79 Å². The number of carbonyl (C=O) groups excluding carboxylic acids is 1. The first-order valence-electron chi connectivity index (χ1n) is 6.41. The second-order valence-electron chi connectivity index (χ2n) is 4.35. The molecule has 2 aromatic rings. The van der Waals surface area contributed by atoms with Gasteiger partial charge >= 0.3 is 0 Å². The minimum atomic E-state index is -0.0664. The van der Waals surface area contributed by atoms with Crippen LogP contribution in [0.25, 0.3) is 0 Å². The SMILES string of the molecule is CCSc1ccccc1C(=O)Nc1ccc(Br)c(C)c1. The van der Waals surface area contributed by atoms with Crippen LogP contribution in [-0.2, 0) is 0 Å². The van der Waals surface area contributed by atoms with Crippen LogP contribution >= 0.6 is 27.7 Å². The molecule has 0 aromatic heterocycles. The molecular formula is C16H16BrNOS. The van der Waals surface area contributed by atoms with E-state index in [1.54, 1.807) is 11.8 Å². The van der Waals surface area contributed by atoms with Crippen LogP contribution in [0.5, 0.6) is 0 Å². The van der Waals surface area contributed by atoms with Crippen molar-refractivity contribution in [2.45, 2.75) is 18.7 Å². The van der Waals surface area contributed by atoms with Gasteiger partial charge in [0, 0.05) is 15.1 Å².